The summed E-state index contributed by atoms with van der Waals surface area (Å²) in [4.78, 5) is 24.6. The van der Waals surface area contributed by atoms with Gasteiger partial charge in [-0.2, -0.15) is 16.1 Å². The van der Waals surface area contributed by atoms with Crippen LogP contribution in [0.25, 0.3) is 11.4 Å². The Morgan fingerprint density at radius 2 is 2.04 bits per heavy atom. The Kier molecular flexibility index (Phi) is 5.36. The van der Waals surface area contributed by atoms with Gasteiger partial charge in [-0.25, -0.2) is 4.79 Å². The molecule has 1 amide bonds. The lowest BCUT2D eigenvalue weighted by molar-refractivity contribution is -0.148. The maximum absolute atomic E-state index is 11.8. The number of nitrogens with one attached hydrogen (secondary N) is 1. The van der Waals surface area contributed by atoms with E-state index in [1.165, 1.54) is 11.3 Å². The van der Waals surface area contributed by atoms with Gasteiger partial charge in [-0.1, -0.05) is 11.6 Å². The van der Waals surface area contributed by atoms with Crippen LogP contribution < -0.4 is 5.32 Å². The third-order valence-corrected chi connectivity index (χ3v) is 3.93. The van der Waals surface area contributed by atoms with Crippen molar-refractivity contribution in [3.63, 3.8) is 0 Å². The molecule has 0 unspecified atom stereocenters. The molecular weight excluding hydrogens is 366 g/mol. The smallest absolute Gasteiger partial charge is 0.330 e. The standard InChI is InChI=1S/C15H12ClN5O3S/c16-11-1-3-12(4-2-11)17-13(22)8-24-14(23)7-21-19-15(18-20-21)10-5-6-25-9-10/h1-6,9H,7-8H2,(H,17,22). The number of thiophene rings is 1. The van der Waals surface area contributed by atoms with E-state index < -0.39 is 18.5 Å². The number of halogens is 1. The molecule has 1 aromatic carbocycles. The summed E-state index contributed by atoms with van der Waals surface area (Å²) in [6.07, 6.45) is 0. The molecule has 2 aromatic heterocycles. The minimum absolute atomic E-state index is 0.231. The van der Waals surface area contributed by atoms with Gasteiger partial charge in [-0.15, -0.1) is 10.2 Å². The second-order valence-corrected chi connectivity index (χ2v) is 6.09. The van der Waals surface area contributed by atoms with Gasteiger partial charge in [-0.3, -0.25) is 4.79 Å². The van der Waals surface area contributed by atoms with Gasteiger partial charge in [0.1, 0.15) is 0 Å². The highest BCUT2D eigenvalue weighted by Gasteiger charge is 2.12. The zero-order chi connectivity index (χ0) is 17.6. The van der Waals surface area contributed by atoms with Crippen molar-refractivity contribution in [2.45, 2.75) is 6.54 Å². The van der Waals surface area contributed by atoms with Crippen LogP contribution in [0.2, 0.25) is 5.02 Å². The molecular formula is C15H12ClN5O3S. The van der Waals surface area contributed by atoms with Crippen molar-refractivity contribution in [3.05, 3.63) is 46.1 Å². The van der Waals surface area contributed by atoms with E-state index >= 15 is 0 Å². The minimum Gasteiger partial charge on any atom is -0.454 e. The number of esters is 1. The number of carbonyl (C=O) groups excluding carboxylic acids is 2. The first kappa shape index (κ1) is 17.1. The molecule has 0 radical (unpaired) electrons. The number of tetrazole rings is 1. The molecule has 0 atom stereocenters. The van der Waals surface area contributed by atoms with E-state index in [2.05, 4.69) is 20.7 Å². The molecule has 8 nitrogen and oxygen atoms in total. The Bertz CT molecular complexity index is 864. The van der Waals surface area contributed by atoms with Crippen LogP contribution in [0.5, 0.6) is 0 Å². The quantitative estimate of drug-likeness (QED) is 0.661. The predicted molar refractivity (Wildman–Crippen MR) is 92.2 cm³/mol. The van der Waals surface area contributed by atoms with Crippen LogP contribution in [0.3, 0.4) is 0 Å². The molecule has 0 aliphatic carbocycles. The number of ether oxygens (including phenoxy) is 1. The summed E-state index contributed by atoms with van der Waals surface area (Å²) < 4.78 is 4.90. The lowest BCUT2D eigenvalue weighted by atomic mass is 10.3. The van der Waals surface area contributed by atoms with E-state index in [1.807, 2.05) is 16.8 Å². The number of hydrogen-bond acceptors (Lipinski definition) is 7. The first-order chi connectivity index (χ1) is 12.1. The highest BCUT2D eigenvalue weighted by molar-refractivity contribution is 7.08. The topological polar surface area (TPSA) is 99.0 Å². The van der Waals surface area contributed by atoms with Crippen molar-refractivity contribution in [1.29, 1.82) is 0 Å². The van der Waals surface area contributed by atoms with Gasteiger partial charge in [0.05, 0.1) is 0 Å². The van der Waals surface area contributed by atoms with Gasteiger partial charge in [-0.05, 0) is 40.9 Å². The summed E-state index contributed by atoms with van der Waals surface area (Å²) in [5, 5.41) is 18.6. The molecule has 0 saturated heterocycles. The normalized spacial score (nSPS) is 10.4. The van der Waals surface area contributed by atoms with Gasteiger partial charge in [0.2, 0.25) is 5.82 Å². The second kappa shape index (κ2) is 7.86. The van der Waals surface area contributed by atoms with Gasteiger partial charge >= 0.3 is 5.97 Å². The summed E-state index contributed by atoms with van der Waals surface area (Å²) in [5.74, 6) is -0.670. The molecule has 128 valence electrons. The predicted octanol–water partition coefficient (Wildman–Crippen LogP) is 2.24. The molecule has 0 aliphatic heterocycles. The molecule has 25 heavy (non-hydrogen) atoms. The molecule has 10 heteroatoms. The van der Waals surface area contributed by atoms with E-state index in [0.717, 1.165) is 10.4 Å². The average molecular weight is 378 g/mol. The largest absolute Gasteiger partial charge is 0.454 e. The van der Waals surface area contributed by atoms with Gasteiger partial charge in [0.25, 0.3) is 5.91 Å². The third-order valence-electron chi connectivity index (χ3n) is 2.99. The zero-order valence-corrected chi connectivity index (χ0v) is 14.3. The molecule has 0 fully saturated rings. The Hall–Kier alpha value is -2.78. The molecule has 3 aromatic rings. The fourth-order valence-electron chi connectivity index (χ4n) is 1.85. The number of anilines is 1. The Balaban J connectivity index is 1.46. The highest BCUT2D eigenvalue weighted by Crippen LogP contribution is 2.16. The van der Waals surface area contributed by atoms with Crippen LogP contribution in [0.1, 0.15) is 0 Å². The fourth-order valence-corrected chi connectivity index (χ4v) is 2.62. The van der Waals surface area contributed by atoms with Crippen LogP contribution in [-0.2, 0) is 20.9 Å². The first-order valence-corrected chi connectivity index (χ1v) is 8.43. The molecule has 2 heterocycles. The van der Waals surface area contributed by atoms with E-state index in [-0.39, 0.29) is 6.54 Å². The van der Waals surface area contributed by atoms with E-state index in [0.29, 0.717) is 16.5 Å². The summed E-state index contributed by atoms with van der Waals surface area (Å²) in [6.45, 7) is -0.640. The number of nitrogens with zero attached hydrogens (tertiary/aromatic N) is 4. The lowest BCUT2D eigenvalue weighted by Gasteiger charge is -2.06. The lowest BCUT2D eigenvalue weighted by Crippen LogP contribution is -2.23. The number of rotatable bonds is 6. The molecule has 0 aliphatic rings. The zero-order valence-electron chi connectivity index (χ0n) is 12.8. The molecule has 0 bridgehead atoms. The summed E-state index contributed by atoms with van der Waals surface area (Å²) in [7, 11) is 0. The van der Waals surface area contributed by atoms with Crippen LogP contribution in [-0.4, -0.2) is 38.7 Å². The number of benzene rings is 1. The van der Waals surface area contributed by atoms with Crippen LogP contribution in [0.4, 0.5) is 5.69 Å². The summed E-state index contributed by atoms with van der Waals surface area (Å²) >= 11 is 7.27. The van der Waals surface area contributed by atoms with Crippen molar-refractivity contribution in [2.75, 3.05) is 11.9 Å². The monoisotopic (exact) mass is 377 g/mol. The third kappa shape index (κ3) is 4.85. The van der Waals surface area contributed by atoms with Crippen molar-refractivity contribution in [2.24, 2.45) is 0 Å². The number of aromatic nitrogens is 4. The minimum atomic E-state index is -0.638. The summed E-state index contributed by atoms with van der Waals surface area (Å²) in [6, 6.07) is 8.43. The molecule has 1 N–H and O–H groups in total. The number of hydrogen-bond donors (Lipinski definition) is 1. The molecule has 3 rings (SSSR count). The van der Waals surface area contributed by atoms with Crippen molar-refractivity contribution in [1.82, 2.24) is 20.2 Å². The maximum Gasteiger partial charge on any atom is 0.330 e. The highest BCUT2D eigenvalue weighted by atomic mass is 35.5. The Morgan fingerprint density at radius 3 is 2.76 bits per heavy atom. The van der Waals surface area contributed by atoms with Crippen molar-refractivity contribution < 1.29 is 14.3 Å². The van der Waals surface area contributed by atoms with Crippen LogP contribution >= 0.6 is 22.9 Å². The van der Waals surface area contributed by atoms with Gasteiger partial charge in [0.15, 0.2) is 13.2 Å². The van der Waals surface area contributed by atoms with Crippen molar-refractivity contribution in [3.8, 4) is 11.4 Å². The Morgan fingerprint density at radius 1 is 1.24 bits per heavy atom. The van der Waals surface area contributed by atoms with Crippen LogP contribution in [0.15, 0.2) is 41.1 Å². The van der Waals surface area contributed by atoms with E-state index in [1.54, 1.807) is 24.3 Å². The first-order valence-electron chi connectivity index (χ1n) is 7.11. The fraction of sp³-hybridized carbons (Fsp3) is 0.133. The summed E-state index contributed by atoms with van der Waals surface area (Å²) in [5.41, 5.74) is 1.38. The molecule has 0 saturated carbocycles. The Labute approximate surface area is 151 Å². The van der Waals surface area contributed by atoms with Gasteiger partial charge < -0.3 is 10.1 Å². The second-order valence-electron chi connectivity index (χ2n) is 4.87. The van der Waals surface area contributed by atoms with E-state index in [4.69, 9.17) is 16.3 Å². The number of amides is 1. The van der Waals surface area contributed by atoms with Crippen LogP contribution in [0, 0.1) is 0 Å². The van der Waals surface area contributed by atoms with Crippen molar-refractivity contribution >= 4 is 40.5 Å². The maximum atomic E-state index is 11.8. The average Bonchev–Trinajstić information content (AvgIpc) is 3.26. The number of carbonyl (C=O) groups is 2. The van der Waals surface area contributed by atoms with Gasteiger partial charge in [0, 0.05) is 21.7 Å². The van der Waals surface area contributed by atoms with E-state index in [9.17, 15) is 9.59 Å². The molecule has 0 spiro atoms. The SMILES string of the molecule is O=C(COC(=O)Cn1nnc(-c2ccsc2)n1)Nc1ccc(Cl)cc1.